The summed E-state index contributed by atoms with van der Waals surface area (Å²) < 4.78 is 45.5. The second-order valence-corrected chi connectivity index (χ2v) is 4.88. The Labute approximate surface area is 144 Å². The summed E-state index contributed by atoms with van der Waals surface area (Å²) in [4.78, 5) is 19.8. The summed E-state index contributed by atoms with van der Waals surface area (Å²) >= 11 is 0. The fourth-order valence-corrected chi connectivity index (χ4v) is 2.16. The topological polar surface area (TPSA) is 72.3 Å². The van der Waals surface area contributed by atoms with E-state index in [1.165, 1.54) is 10.8 Å². The molecule has 0 saturated heterocycles. The van der Waals surface area contributed by atoms with Crippen molar-refractivity contribution in [3.8, 4) is 11.4 Å². The molecule has 11 heteroatoms. The molecule has 6 nitrogen and oxygen atoms in total. The molecule has 2 heterocycles. The Bertz CT molecular complexity index is 1010. The number of benzene rings is 1. The summed E-state index contributed by atoms with van der Waals surface area (Å²) in [5.41, 5.74) is 1.03. The van der Waals surface area contributed by atoms with Gasteiger partial charge in [-0.25, -0.2) is 4.98 Å². The summed E-state index contributed by atoms with van der Waals surface area (Å²) in [5, 5.41) is 9.52. The fourth-order valence-electron chi connectivity index (χ4n) is 2.16. The molecule has 0 spiro atoms. The number of hydrogen-bond acceptors (Lipinski definition) is 4. The van der Waals surface area contributed by atoms with Crippen LogP contribution < -0.4 is 10.3 Å². The maximum absolute atomic E-state index is 12.5. The molecule has 0 aliphatic carbocycles. The average Bonchev–Trinajstić information content (AvgIpc) is 2.61. The number of nitrogens with zero attached hydrogens (tertiary/aromatic N) is 4. The zero-order valence-corrected chi connectivity index (χ0v) is 13.3. The van der Waals surface area contributed by atoms with Gasteiger partial charge in [0.1, 0.15) is 11.9 Å². The summed E-state index contributed by atoms with van der Waals surface area (Å²) in [7, 11) is -4.42. The second-order valence-electron chi connectivity index (χ2n) is 4.88. The highest BCUT2D eigenvalue weighted by Crippen LogP contribution is 2.23. The number of aromatic nitrogens is 2. The molecule has 0 saturated carbocycles. The molecule has 3 rings (SSSR count). The van der Waals surface area contributed by atoms with E-state index >= 15 is 0 Å². The Hall–Kier alpha value is -3.42. The number of diazo groups is 1. The van der Waals surface area contributed by atoms with Crippen LogP contribution in [0.25, 0.3) is 21.6 Å². The highest BCUT2D eigenvalue weighted by Gasteiger charge is 2.20. The fraction of sp³-hybridized carbons (Fsp3) is 0.0667. The van der Waals surface area contributed by atoms with Gasteiger partial charge in [-0.15, -0.1) is 0 Å². The molecule has 0 amide bonds. The lowest BCUT2D eigenvalue weighted by Gasteiger charge is -2.06. The Balaban J connectivity index is 0.000000431. The van der Waals surface area contributed by atoms with Crippen molar-refractivity contribution in [2.45, 2.75) is 0 Å². The minimum Gasteiger partial charge on any atom is -0.497 e. The van der Waals surface area contributed by atoms with Crippen LogP contribution in [0.2, 0.25) is 0 Å². The maximum Gasteiger partial charge on any atom is 0.673 e. The lowest BCUT2D eigenvalue weighted by atomic mass is 10.2. The largest absolute Gasteiger partial charge is 0.673 e. The van der Waals surface area contributed by atoms with Crippen molar-refractivity contribution in [3.63, 3.8) is 0 Å². The van der Waals surface area contributed by atoms with Gasteiger partial charge in [-0.2, -0.15) is 0 Å². The van der Waals surface area contributed by atoms with Gasteiger partial charge in [0.15, 0.2) is 10.5 Å². The number of pyridine rings is 2. The quantitative estimate of drug-likeness (QED) is 0.388. The molecule has 1 aromatic carbocycles. The number of hydrogen-bond donors (Lipinski definition) is 0. The standard InChI is InChI=1S/C15H11N4O2.BF4/c1-21-11-6-4-10(5-7-11)19-9-13(18-16)14-12(15(19)20)3-2-8-17-14;2-1(3,4)5/h2-9H,1H3;/q+1;-1. The van der Waals surface area contributed by atoms with Gasteiger partial charge in [0.25, 0.3) is 5.56 Å². The SMILES string of the molecule is COc1ccc(-n2cc([N+]#N)c3ncccc3c2=O)cc1.F[B-](F)(F)F. The highest BCUT2D eigenvalue weighted by molar-refractivity contribution is 6.50. The van der Waals surface area contributed by atoms with Gasteiger partial charge in [0.2, 0.25) is 5.39 Å². The Morgan fingerprint density at radius 3 is 2.31 bits per heavy atom. The molecule has 0 bridgehead atoms. The number of methoxy groups -OCH3 is 1. The summed E-state index contributed by atoms with van der Waals surface area (Å²) in [6, 6.07) is 10.3. The van der Waals surface area contributed by atoms with Crippen molar-refractivity contribution in [2.24, 2.45) is 0 Å². The Morgan fingerprint density at radius 1 is 1.15 bits per heavy atom. The van der Waals surface area contributed by atoms with Crippen molar-refractivity contribution in [3.05, 3.63) is 64.1 Å². The van der Waals surface area contributed by atoms with Crippen molar-refractivity contribution < 1.29 is 22.0 Å². The van der Waals surface area contributed by atoms with Gasteiger partial charge in [-0.1, -0.05) is 0 Å². The van der Waals surface area contributed by atoms with E-state index in [1.807, 2.05) is 0 Å². The first-order valence-electron chi connectivity index (χ1n) is 7.12. The summed E-state index contributed by atoms with van der Waals surface area (Å²) in [5.74, 6) is 0.696. The zero-order valence-electron chi connectivity index (χ0n) is 13.3. The molecule has 26 heavy (non-hydrogen) atoms. The van der Waals surface area contributed by atoms with Crippen LogP contribution in [-0.2, 0) is 0 Å². The van der Waals surface area contributed by atoms with Crippen molar-refractivity contribution in [1.29, 1.82) is 5.39 Å². The molecule has 2 aromatic heterocycles. The monoisotopic (exact) mass is 366 g/mol. The van der Waals surface area contributed by atoms with Crippen LogP contribution in [0.3, 0.4) is 0 Å². The third kappa shape index (κ3) is 4.57. The lowest BCUT2D eigenvalue weighted by Crippen LogP contribution is -2.17. The minimum atomic E-state index is -6.00. The van der Waals surface area contributed by atoms with E-state index in [-0.39, 0.29) is 11.2 Å². The van der Waals surface area contributed by atoms with E-state index in [2.05, 4.69) is 9.96 Å². The van der Waals surface area contributed by atoms with Crippen molar-refractivity contribution in [2.75, 3.05) is 7.11 Å². The second kappa shape index (κ2) is 7.65. The first kappa shape index (κ1) is 18.9. The van der Waals surface area contributed by atoms with Crippen LogP contribution in [0.4, 0.5) is 23.0 Å². The average molecular weight is 366 g/mol. The third-order valence-electron chi connectivity index (χ3n) is 3.21. The molecule has 0 aliphatic rings. The van der Waals surface area contributed by atoms with E-state index in [9.17, 15) is 22.1 Å². The molecule has 3 aromatic rings. The number of ether oxygens (including phenoxy) is 1. The van der Waals surface area contributed by atoms with Gasteiger partial charge in [-0.05, 0) is 36.4 Å². The molecule has 0 radical (unpaired) electrons. The molecular formula is C15H11BF4N4O2. The number of rotatable bonds is 2. The first-order chi connectivity index (χ1) is 12.2. The van der Waals surface area contributed by atoms with Gasteiger partial charge in [0.05, 0.1) is 12.5 Å². The molecule has 134 valence electrons. The third-order valence-corrected chi connectivity index (χ3v) is 3.21. The van der Waals surface area contributed by atoms with Crippen LogP contribution in [0, 0.1) is 5.39 Å². The van der Waals surface area contributed by atoms with Crippen molar-refractivity contribution >= 4 is 23.8 Å². The van der Waals surface area contributed by atoms with Crippen LogP contribution in [0.1, 0.15) is 0 Å². The normalized spacial score (nSPS) is 10.6. The zero-order chi connectivity index (χ0) is 19.3. The molecule has 0 N–H and O–H groups in total. The van der Waals surface area contributed by atoms with E-state index in [4.69, 9.17) is 10.1 Å². The lowest BCUT2D eigenvalue weighted by molar-refractivity contribution is 0.368. The predicted molar refractivity (Wildman–Crippen MR) is 88.8 cm³/mol. The van der Waals surface area contributed by atoms with Gasteiger partial charge >= 0.3 is 12.9 Å². The summed E-state index contributed by atoms with van der Waals surface area (Å²) in [6.45, 7) is 0. The van der Waals surface area contributed by atoms with Gasteiger partial charge in [0, 0.05) is 11.9 Å². The molecule has 0 aliphatic heterocycles. The molecule has 0 atom stereocenters. The Morgan fingerprint density at radius 2 is 1.77 bits per heavy atom. The molecule has 0 fully saturated rings. The molecule has 0 unspecified atom stereocenters. The minimum absolute atomic E-state index is 0.226. The predicted octanol–water partition coefficient (Wildman–Crippen LogP) is 4.18. The van der Waals surface area contributed by atoms with E-state index in [1.54, 1.807) is 49.7 Å². The Kier molecular flexibility index (Phi) is 5.56. The first-order valence-corrected chi connectivity index (χ1v) is 7.12. The number of halogens is 4. The molecular weight excluding hydrogens is 355 g/mol. The van der Waals surface area contributed by atoms with Crippen molar-refractivity contribution in [1.82, 2.24) is 9.55 Å². The summed E-state index contributed by atoms with van der Waals surface area (Å²) in [6.07, 6.45) is 3.01. The van der Waals surface area contributed by atoms with Crippen LogP contribution in [0.5, 0.6) is 5.75 Å². The van der Waals surface area contributed by atoms with E-state index in [0.29, 0.717) is 22.3 Å². The maximum atomic E-state index is 12.5. The smallest absolute Gasteiger partial charge is 0.497 e. The number of fused-ring (bicyclic) bond motifs is 1. The highest BCUT2D eigenvalue weighted by atomic mass is 19.5. The van der Waals surface area contributed by atoms with E-state index < -0.39 is 7.25 Å². The van der Waals surface area contributed by atoms with Crippen LogP contribution in [0.15, 0.2) is 53.6 Å². The van der Waals surface area contributed by atoms with E-state index in [0.717, 1.165) is 0 Å². The van der Waals surface area contributed by atoms with Crippen LogP contribution in [-0.4, -0.2) is 23.9 Å². The van der Waals surface area contributed by atoms with Gasteiger partial charge in [-0.3, -0.25) is 9.36 Å². The van der Waals surface area contributed by atoms with Crippen LogP contribution >= 0.6 is 0 Å². The van der Waals surface area contributed by atoms with Gasteiger partial charge < -0.3 is 22.0 Å².